The van der Waals surface area contributed by atoms with Crippen molar-refractivity contribution in [2.45, 2.75) is 33.2 Å². The summed E-state index contributed by atoms with van der Waals surface area (Å²) in [4.78, 5) is 2.33. The average molecular weight is 251 g/mol. The Bertz CT molecular complexity index is 377. The summed E-state index contributed by atoms with van der Waals surface area (Å²) in [6, 6.07) is 5.87. The number of methoxy groups -OCH3 is 1. The predicted molar refractivity (Wildman–Crippen MR) is 75.2 cm³/mol. The van der Waals surface area contributed by atoms with E-state index >= 15 is 0 Å². The first-order valence-electron chi connectivity index (χ1n) is 6.52. The van der Waals surface area contributed by atoms with Crippen LogP contribution in [-0.4, -0.2) is 30.7 Å². The second kappa shape index (κ2) is 6.64. The van der Waals surface area contributed by atoms with Crippen molar-refractivity contribution < 1.29 is 9.84 Å². The number of phenols is 1. The smallest absolute Gasteiger partial charge is 0.160 e. The van der Waals surface area contributed by atoms with E-state index < -0.39 is 0 Å². The minimum Gasteiger partial charge on any atom is -0.504 e. The Kier molecular flexibility index (Phi) is 5.48. The molecule has 0 aliphatic heterocycles. The monoisotopic (exact) mass is 251 g/mol. The molecular weight excluding hydrogens is 226 g/mol. The van der Waals surface area contributed by atoms with Gasteiger partial charge >= 0.3 is 0 Å². The Balaban J connectivity index is 2.73. The molecule has 3 heteroatoms. The lowest BCUT2D eigenvalue weighted by atomic mass is 10.1. The van der Waals surface area contributed by atoms with Gasteiger partial charge in [0.1, 0.15) is 0 Å². The molecule has 3 nitrogen and oxygen atoms in total. The number of aromatic hydroxyl groups is 1. The van der Waals surface area contributed by atoms with Crippen LogP contribution in [-0.2, 0) is 0 Å². The van der Waals surface area contributed by atoms with E-state index in [9.17, 15) is 5.11 Å². The Morgan fingerprint density at radius 1 is 1.28 bits per heavy atom. The lowest BCUT2D eigenvalue weighted by Gasteiger charge is -2.26. The quantitative estimate of drug-likeness (QED) is 0.840. The van der Waals surface area contributed by atoms with Crippen molar-refractivity contribution in [3.05, 3.63) is 23.8 Å². The molecule has 0 saturated heterocycles. The number of hydrogen-bond donors (Lipinski definition) is 1. The maximum Gasteiger partial charge on any atom is 0.160 e. The standard InChI is InChI=1S/C15H25NO2/c1-11(2)8-9-16(4)12(3)13-6-7-14(17)15(10-13)18-5/h6-7,10-12,17H,8-9H2,1-5H3. The fraction of sp³-hybridized carbons (Fsp3) is 0.600. The van der Waals surface area contributed by atoms with Crippen LogP contribution < -0.4 is 4.74 Å². The molecule has 0 radical (unpaired) electrons. The topological polar surface area (TPSA) is 32.7 Å². The molecule has 0 bridgehead atoms. The Labute approximate surface area is 110 Å². The molecule has 1 rings (SSSR count). The summed E-state index contributed by atoms with van der Waals surface area (Å²) in [5.74, 6) is 1.45. The zero-order valence-corrected chi connectivity index (χ0v) is 12.1. The molecule has 0 aromatic heterocycles. The van der Waals surface area contributed by atoms with Crippen molar-refractivity contribution in [1.29, 1.82) is 0 Å². The van der Waals surface area contributed by atoms with Crippen LogP contribution in [0.4, 0.5) is 0 Å². The SMILES string of the molecule is COc1cc(C(C)N(C)CCC(C)C)ccc1O. The summed E-state index contributed by atoms with van der Waals surface area (Å²) < 4.78 is 5.15. The zero-order valence-electron chi connectivity index (χ0n) is 12.1. The van der Waals surface area contributed by atoms with Crippen LogP contribution >= 0.6 is 0 Å². The molecular formula is C15H25NO2. The molecule has 0 fully saturated rings. The van der Waals surface area contributed by atoms with Crippen molar-refractivity contribution >= 4 is 0 Å². The van der Waals surface area contributed by atoms with Crippen LogP contribution in [0.25, 0.3) is 0 Å². The van der Waals surface area contributed by atoms with E-state index in [1.54, 1.807) is 13.2 Å². The number of benzene rings is 1. The summed E-state index contributed by atoms with van der Waals surface area (Å²) in [5.41, 5.74) is 1.16. The van der Waals surface area contributed by atoms with Crippen molar-refractivity contribution in [2.24, 2.45) is 5.92 Å². The molecule has 0 aliphatic rings. The van der Waals surface area contributed by atoms with E-state index in [4.69, 9.17) is 4.74 Å². The number of ether oxygens (including phenoxy) is 1. The van der Waals surface area contributed by atoms with Crippen LogP contribution in [0.1, 0.15) is 38.8 Å². The van der Waals surface area contributed by atoms with Gasteiger partial charge in [0.05, 0.1) is 7.11 Å². The fourth-order valence-electron chi connectivity index (χ4n) is 1.86. The number of hydrogen-bond acceptors (Lipinski definition) is 3. The molecule has 0 heterocycles. The molecule has 0 aliphatic carbocycles. The van der Waals surface area contributed by atoms with Crippen molar-refractivity contribution in [1.82, 2.24) is 4.90 Å². The summed E-state index contributed by atoms with van der Waals surface area (Å²) in [7, 11) is 3.71. The second-order valence-electron chi connectivity index (χ2n) is 5.27. The minimum absolute atomic E-state index is 0.193. The van der Waals surface area contributed by atoms with Gasteiger partial charge in [-0.15, -0.1) is 0 Å². The summed E-state index contributed by atoms with van der Waals surface area (Å²) in [6.45, 7) is 7.72. The third kappa shape index (κ3) is 3.91. The summed E-state index contributed by atoms with van der Waals surface area (Å²) in [6.07, 6.45) is 1.19. The highest BCUT2D eigenvalue weighted by Crippen LogP contribution is 2.30. The van der Waals surface area contributed by atoms with Gasteiger partial charge in [0, 0.05) is 6.04 Å². The van der Waals surface area contributed by atoms with Gasteiger partial charge in [0.15, 0.2) is 11.5 Å². The third-order valence-corrected chi connectivity index (χ3v) is 3.41. The predicted octanol–water partition coefficient (Wildman–Crippen LogP) is 3.44. The summed E-state index contributed by atoms with van der Waals surface area (Å²) in [5, 5.41) is 9.59. The lowest BCUT2D eigenvalue weighted by molar-refractivity contribution is 0.245. The van der Waals surface area contributed by atoms with Crippen molar-refractivity contribution in [2.75, 3.05) is 20.7 Å². The van der Waals surface area contributed by atoms with Crippen molar-refractivity contribution in [3.8, 4) is 11.5 Å². The normalized spacial score (nSPS) is 13.1. The highest BCUT2D eigenvalue weighted by molar-refractivity contribution is 5.42. The first-order chi connectivity index (χ1) is 8.45. The van der Waals surface area contributed by atoms with Gasteiger partial charge in [-0.05, 0) is 50.6 Å². The fourth-order valence-corrected chi connectivity index (χ4v) is 1.86. The van der Waals surface area contributed by atoms with Crippen LogP contribution in [0.2, 0.25) is 0 Å². The van der Waals surface area contributed by atoms with Crippen LogP contribution in [0, 0.1) is 5.92 Å². The summed E-state index contributed by atoms with van der Waals surface area (Å²) >= 11 is 0. The molecule has 1 aromatic carbocycles. The van der Waals surface area contributed by atoms with Crippen LogP contribution in [0.5, 0.6) is 11.5 Å². The maximum absolute atomic E-state index is 9.59. The largest absolute Gasteiger partial charge is 0.504 e. The van der Waals surface area contributed by atoms with E-state index in [2.05, 4.69) is 32.7 Å². The maximum atomic E-state index is 9.59. The van der Waals surface area contributed by atoms with Gasteiger partial charge in [-0.25, -0.2) is 0 Å². The molecule has 0 amide bonds. The first kappa shape index (κ1) is 14.8. The Morgan fingerprint density at radius 3 is 2.50 bits per heavy atom. The third-order valence-electron chi connectivity index (χ3n) is 3.41. The molecule has 1 unspecified atom stereocenters. The van der Waals surface area contributed by atoms with E-state index in [0.717, 1.165) is 12.1 Å². The molecule has 18 heavy (non-hydrogen) atoms. The Morgan fingerprint density at radius 2 is 1.94 bits per heavy atom. The number of rotatable bonds is 6. The van der Waals surface area contributed by atoms with Gasteiger partial charge in [-0.1, -0.05) is 19.9 Å². The average Bonchev–Trinajstić information content (AvgIpc) is 2.35. The van der Waals surface area contributed by atoms with E-state index in [0.29, 0.717) is 17.7 Å². The first-order valence-corrected chi connectivity index (χ1v) is 6.52. The molecule has 0 spiro atoms. The lowest BCUT2D eigenvalue weighted by Crippen LogP contribution is -2.24. The van der Waals surface area contributed by atoms with E-state index in [1.807, 2.05) is 12.1 Å². The van der Waals surface area contributed by atoms with Gasteiger partial charge < -0.3 is 9.84 Å². The van der Waals surface area contributed by atoms with Crippen LogP contribution in [0.3, 0.4) is 0 Å². The van der Waals surface area contributed by atoms with E-state index in [1.165, 1.54) is 6.42 Å². The highest BCUT2D eigenvalue weighted by Gasteiger charge is 2.14. The number of phenolic OH excluding ortho intramolecular Hbond substituents is 1. The highest BCUT2D eigenvalue weighted by atomic mass is 16.5. The Hall–Kier alpha value is -1.22. The molecule has 1 N–H and O–H groups in total. The van der Waals surface area contributed by atoms with Gasteiger partial charge in [0.25, 0.3) is 0 Å². The van der Waals surface area contributed by atoms with E-state index in [-0.39, 0.29) is 5.75 Å². The van der Waals surface area contributed by atoms with Gasteiger partial charge in [-0.2, -0.15) is 0 Å². The van der Waals surface area contributed by atoms with Crippen molar-refractivity contribution in [3.63, 3.8) is 0 Å². The molecule has 0 saturated carbocycles. The second-order valence-corrected chi connectivity index (χ2v) is 5.27. The molecule has 1 atom stereocenters. The zero-order chi connectivity index (χ0) is 13.7. The number of nitrogens with zero attached hydrogens (tertiary/aromatic N) is 1. The molecule has 102 valence electrons. The van der Waals surface area contributed by atoms with Gasteiger partial charge in [0.2, 0.25) is 0 Å². The minimum atomic E-state index is 0.193. The van der Waals surface area contributed by atoms with Gasteiger partial charge in [-0.3, -0.25) is 4.90 Å². The molecule has 1 aromatic rings. The van der Waals surface area contributed by atoms with Crippen LogP contribution in [0.15, 0.2) is 18.2 Å².